The Morgan fingerprint density at radius 2 is 1.91 bits per heavy atom. The second-order valence-electron chi connectivity index (χ2n) is 5.67. The lowest BCUT2D eigenvalue weighted by Crippen LogP contribution is -2.02. The van der Waals surface area contributed by atoms with E-state index in [2.05, 4.69) is 39.1 Å². The van der Waals surface area contributed by atoms with Gasteiger partial charge in [0.15, 0.2) is 5.65 Å². The summed E-state index contributed by atoms with van der Waals surface area (Å²) >= 11 is 0. The van der Waals surface area contributed by atoms with Crippen LogP contribution < -0.4 is 0 Å². The minimum atomic E-state index is -0.268. The third-order valence-corrected chi connectivity index (χ3v) is 3.76. The molecule has 1 aromatic carbocycles. The van der Waals surface area contributed by atoms with Crippen molar-refractivity contribution in [3.63, 3.8) is 0 Å². The van der Waals surface area contributed by atoms with Crippen LogP contribution in [0.1, 0.15) is 19.9 Å². The fourth-order valence-corrected chi connectivity index (χ4v) is 2.62. The highest BCUT2D eigenvalue weighted by atomic mass is 19.1. The molecule has 0 saturated carbocycles. The summed E-state index contributed by atoms with van der Waals surface area (Å²) in [6.07, 6.45) is 3.48. The summed E-state index contributed by atoms with van der Waals surface area (Å²) in [7, 11) is 0. The number of aromatic amines is 2. The van der Waals surface area contributed by atoms with E-state index in [4.69, 9.17) is 0 Å². The van der Waals surface area contributed by atoms with Gasteiger partial charge in [-0.3, -0.25) is 5.10 Å². The first-order valence-corrected chi connectivity index (χ1v) is 7.36. The van der Waals surface area contributed by atoms with Crippen molar-refractivity contribution in [2.75, 3.05) is 0 Å². The van der Waals surface area contributed by atoms with Crippen LogP contribution in [-0.4, -0.2) is 29.9 Å². The molecule has 23 heavy (non-hydrogen) atoms. The Kier molecular flexibility index (Phi) is 3.00. The molecule has 0 unspecified atom stereocenters. The third-order valence-electron chi connectivity index (χ3n) is 3.76. The van der Waals surface area contributed by atoms with Gasteiger partial charge >= 0.3 is 0 Å². The van der Waals surface area contributed by atoms with E-state index < -0.39 is 0 Å². The van der Waals surface area contributed by atoms with E-state index in [1.165, 1.54) is 12.1 Å². The number of hydrogen-bond acceptors (Lipinski definition) is 3. The maximum atomic E-state index is 13.1. The number of benzene rings is 1. The van der Waals surface area contributed by atoms with Gasteiger partial charge in [0.05, 0.1) is 23.7 Å². The van der Waals surface area contributed by atoms with Gasteiger partial charge in [-0.2, -0.15) is 10.2 Å². The highest BCUT2D eigenvalue weighted by molar-refractivity contribution is 5.82. The lowest BCUT2D eigenvalue weighted by atomic mass is 10.1. The minimum absolute atomic E-state index is 0.226. The van der Waals surface area contributed by atoms with Crippen molar-refractivity contribution in [2.24, 2.45) is 0 Å². The zero-order valence-electron chi connectivity index (χ0n) is 12.7. The zero-order chi connectivity index (χ0) is 16.0. The molecule has 6 nitrogen and oxygen atoms in total. The summed E-state index contributed by atoms with van der Waals surface area (Å²) in [4.78, 5) is 7.92. The Balaban J connectivity index is 1.83. The highest BCUT2D eigenvalue weighted by Gasteiger charge is 2.16. The number of imidazole rings is 1. The molecule has 7 heteroatoms. The van der Waals surface area contributed by atoms with Crippen molar-refractivity contribution in [2.45, 2.75) is 19.9 Å². The van der Waals surface area contributed by atoms with Crippen molar-refractivity contribution in [3.8, 4) is 22.6 Å². The topological polar surface area (TPSA) is 75.2 Å². The van der Waals surface area contributed by atoms with Crippen LogP contribution in [0, 0.1) is 5.82 Å². The van der Waals surface area contributed by atoms with Crippen LogP contribution in [0.3, 0.4) is 0 Å². The third kappa shape index (κ3) is 2.21. The predicted molar refractivity (Wildman–Crippen MR) is 85.2 cm³/mol. The van der Waals surface area contributed by atoms with Gasteiger partial charge in [0, 0.05) is 11.6 Å². The molecule has 3 heterocycles. The smallest absolute Gasteiger partial charge is 0.177 e. The molecule has 0 radical (unpaired) electrons. The van der Waals surface area contributed by atoms with E-state index in [1.54, 1.807) is 24.5 Å². The molecule has 0 aliphatic carbocycles. The molecule has 0 atom stereocenters. The molecule has 0 amide bonds. The van der Waals surface area contributed by atoms with Gasteiger partial charge < -0.3 is 4.98 Å². The second-order valence-corrected chi connectivity index (χ2v) is 5.67. The van der Waals surface area contributed by atoms with Gasteiger partial charge in [0.2, 0.25) is 0 Å². The standard InChI is InChI=1S/C16H15FN6/c1-9(2)23-16-13(8-19-23)20-15(21-16)12-7-18-22-14(12)10-3-5-11(17)6-4-10/h3-9H,1-2H3,(H,18,22)(H,20,21). The molecule has 4 aromatic rings. The average Bonchev–Trinajstić information content (AvgIpc) is 3.21. The van der Waals surface area contributed by atoms with Crippen molar-refractivity contribution < 1.29 is 4.39 Å². The Morgan fingerprint density at radius 1 is 1.13 bits per heavy atom. The van der Waals surface area contributed by atoms with Gasteiger partial charge in [0.25, 0.3) is 0 Å². The molecular weight excluding hydrogens is 295 g/mol. The fraction of sp³-hybridized carbons (Fsp3) is 0.188. The van der Waals surface area contributed by atoms with Crippen LogP contribution in [0.2, 0.25) is 0 Å². The van der Waals surface area contributed by atoms with Gasteiger partial charge in [-0.05, 0) is 38.1 Å². The molecule has 2 N–H and O–H groups in total. The number of H-pyrrole nitrogens is 2. The van der Waals surface area contributed by atoms with Crippen molar-refractivity contribution in [1.82, 2.24) is 29.9 Å². The number of aromatic nitrogens is 6. The summed E-state index contributed by atoms with van der Waals surface area (Å²) in [5.41, 5.74) is 4.17. The van der Waals surface area contributed by atoms with Crippen molar-refractivity contribution in [3.05, 3.63) is 42.5 Å². The summed E-state index contributed by atoms with van der Waals surface area (Å²) in [6.45, 7) is 4.12. The van der Waals surface area contributed by atoms with Crippen LogP contribution in [0.5, 0.6) is 0 Å². The molecule has 0 bridgehead atoms. The Hall–Kier alpha value is -2.96. The van der Waals surface area contributed by atoms with E-state index in [9.17, 15) is 4.39 Å². The van der Waals surface area contributed by atoms with Gasteiger partial charge in [-0.15, -0.1) is 0 Å². The van der Waals surface area contributed by atoms with Crippen LogP contribution in [0.15, 0.2) is 36.7 Å². The number of halogens is 1. The highest BCUT2D eigenvalue weighted by Crippen LogP contribution is 2.30. The van der Waals surface area contributed by atoms with Gasteiger partial charge in [-0.1, -0.05) is 0 Å². The van der Waals surface area contributed by atoms with Gasteiger partial charge in [-0.25, -0.2) is 14.1 Å². The maximum Gasteiger partial charge on any atom is 0.177 e. The van der Waals surface area contributed by atoms with Crippen LogP contribution in [-0.2, 0) is 0 Å². The summed E-state index contributed by atoms with van der Waals surface area (Å²) in [6, 6.07) is 6.50. The summed E-state index contributed by atoms with van der Waals surface area (Å²) in [5.74, 6) is 0.440. The molecule has 3 aromatic heterocycles. The van der Waals surface area contributed by atoms with Crippen LogP contribution >= 0.6 is 0 Å². The Bertz CT molecular complexity index is 960. The number of hydrogen-bond donors (Lipinski definition) is 2. The van der Waals surface area contributed by atoms with Crippen LogP contribution in [0.4, 0.5) is 4.39 Å². The quantitative estimate of drug-likeness (QED) is 0.608. The van der Waals surface area contributed by atoms with Crippen molar-refractivity contribution >= 4 is 11.2 Å². The van der Waals surface area contributed by atoms with E-state index in [1.807, 2.05) is 4.68 Å². The summed E-state index contributed by atoms with van der Waals surface area (Å²) < 4.78 is 15.0. The molecule has 0 aliphatic heterocycles. The van der Waals surface area contributed by atoms with E-state index >= 15 is 0 Å². The molecule has 0 saturated heterocycles. The first kappa shape index (κ1) is 13.7. The maximum absolute atomic E-state index is 13.1. The number of nitrogens with one attached hydrogen (secondary N) is 2. The molecule has 0 spiro atoms. The monoisotopic (exact) mass is 310 g/mol. The van der Waals surface area contributed by atoms with Crippen molar-refractivity contribution in [1.29, 1.82) is 0 Å². The number of rotatable bonds is 3. The molecule has 0 fully saturated rings. The summed E-state index contributed by atoms with van der Waals surface area (Å²) in [5, 5.41) is 11.4. The minimum Gasteiger partial charge on any atom is -0.335 e. The molecule has 4 rings (SSSR count). The molecule has 0 aliphatic rings. The van der Waals surface area contributed by atoms with Crippen LogP contribution in [0.25, 0.3) is 33.8 Å². The van der Waals surface area contributed by atoms with Gasteiger partial charge in [0.1, 0.15) is 17.2 Å². The van der Waals surface area contributed by atoms with E-state index in [0.717, 1.165) is 28.0 Å². The van der Waals surface area contributed by atoms with E-state index in [-0.39, 0.29) is 11.9 Å². The Morgan fingerprint density at radius 3 is 2.65 bits per heavy atom. The zero-order valence-corrected chi connectivity index (χ0v) is 12.7. The first-order chi connectivity index (χ1) is 11.1. The first-order valence-electron chi connectivity index (χ1n) is 7.36. The predicted octanol–water partition coefficient (Wildman–Crippen LogP) is 3.54. The Labute approximate surface area is 131 Å². The molecular formula is C16H15FN6. The SMILES string of the molecule is CC(C)n1ncc2[nH]c(-c3cn[nH]c3-c3ccc(F)cc3)nc21. The normalized spacial score (nSPS) is 11.7. The van der Waals surface area contributed by atoms with E-state index in [0.29, 0.717) is 5.82 Å². The second kappa shape index (κ2) is 5.05. The lowest BCUT2D eigenvalue weighted by molar-refractivity contribution is 0.547. The lowest BCUT2D eigenvalue weighted by Gasteiger charge is -2.04. The average molecular weight is 310 g/mol. The number of nitrogens with zero attached hydrogens (tertiary/aromatic N) is 4. The molecule has 116 valence electrons. The number of fused-ring (bicyclic) bond motifs is 1. The largest absolute Gasteiger partial charge is 0.335 e. The fourth-order valence-electron chi connectivity index (χ4n) is 2.62.